The van der Waals surface area contributed by atoms with E-state index in [1.54, 1.807) is 13.0 Å². The molecule has 0 radical (unpaired) electrons. The van der Waals surface area contributed by atoms with Crippen molar-refractivity contribution >= 4 is 35.1 Å². The summed E-state index contributed by atoms with van der Waals surface area (Å²) in [5.74, 6) is -1.58. The number of aliphatic hydroxyl groups excluding tert-OH is 1. The van der Waals surface area contributed by atoms with Crippen LogP contribution in [0.4, 0.5) is 0 Å². The predicted molar refractivity (Wildman–Crippen MR) is 128 cm³/mol. The van der Waals surface area contributed by atoms with E-state index in [0.29, 0.717) is 32.1 Å². The number of carbonyl (C=O) groups is 4. The Morgan fingerprint density at radius 1 is 1.20 bits per heavy atom. The lowest BCUT2D eigenvalue weighted by atomic mass is 9.43. The van der Waals surface area contributed by atoms with Crippen molar-refractivity contribution in [3.63, 3.8) is 0 Å². The fraction of sp³-hybridized carbons (Fsp3) is 0.778. The van der Waals surface area contributed by atoms with Gasteiger partial charge < -0.3 is 14.6 Å². The molecular weight excluding hydrogens is 472 g/mol. The molecular formula is C27H37ClO7. The fourth-order valence-electron chi connectivity index (χ4n) is 8.19. The molecule has 3 saturated carbocycles. The normalized spacial score (nSPS) is 44.4. The number of Topliss-reactive ketones (excluding diaryl/α,β-unsaturated/α-hetero) is 1. The van der Waals surface area contributed by atoms with Crippen molar-refractivity contribution < 1.29 is 33.8 Å². The zero-order chi connectivity index (χ0) is 26.0. The van der Waals surface area contributed by atoms with Gasteiger partial charge in [0.15, 0.2) is 18.0 Å². The summed E-state index contributed by atoms with van der Waals surface area (Å²) < 4.78 is 11.0. The second-order valence-electron chi connectivity index (χ2n) is 11.6. The van der Waals surface area contributed by atoms with Crippen molar-refractivity contribution in [1.82, 2.24) is 0 Å². The van der Waals surface area contributed by atoms with Gasteiger partial charge in [-0.15, -0.1) is 11.6 Å². The molecule has 8 heteroatoms. The van der Waals surface area contributed by atoms with Crippen LogP contribution in [0.3, 0.4) is 0 Å². The van der Waals surface area contributed by atoms with E-state index < -0.39 is 51.7 Å². The number of fused-ring (bicyclic) bond motifs is 5. The maximum Gasteiger partial charge on any atom is 0.306 e. The Balaban J connectivity index is 1.80. The average Bonchev–Trinajstić information content (AvgIpc) is 3.08. The van der Waals surface area contributed by atoms with Crippen LogP contribution in [0.5, 0.6) is 0 Å². The third kappa shape index (κ3) is 3.55. The van der Waals surface area contributed by atoms with Crippen LogP contribution in [0.2, 0.25) is 0 Å². The number of hydrogen-bond donors (Lipinski definition) is 1. The van der Waals surface area contributed by atoms with Gasteiger partial charge in [-0.3, -0.25) is 19.2 Å². The molecule has 0 aliphatic heterocycles. The standard InChI is InChI=1S/C27H37ClO7/c1-6-23(33)35-26(22(32)14-34-16(3)29)10-8-18-20-11-15(2)19-12-17(30)7-9-24(19,4)27(20,28)21(31)13-25(18,26)5/h12,15,18,20-21,31H,6-11,13-14H2,1-5H3/t15-,18-,20-,21-,24-,25-,26-,27-/m0/s1. The minimum Gasteiger partial charge on any atom is -0.458 e. The first-order chi connectivity index (χ1) is 16.3. The van der Waals surface area contributed by atoms with E-state index in [4.69, 9.17) is 21.1 Å². The van der Waals surface area contributed by atoms with Crippen LogP contribution in [0.25, 0.3) is 0 Å². The van der Waals surface area contributed by atoms with E-state index in [9.17, 15) is 24.3 Å². The molecule has 0 aromatic carbocycles. The molecule has 0 heterocycles. The molecule has 194 valence electrons. The molecule has 8 atom stereocenters. The van der Waals surface area contributed by atoms with E-state index in [2.05, 4.69) is 13.8 Å². The molecule has 7 nitrogen and oxygen atoms in total. The van der Waals surface area contributed by atoms with E-state index in [1.165, 1.54) is 6.92 Å². The van der Waals surface area contributed by atoms with Crippen LogP contribution in [0.1, 0.15) is 79.6 Å². The summed E-state index contributed by atoms with van der Waals surface area (Å²) in [6.07, 6.45) is 3.56. The first-order valence-electron chi connectivity index (χ1n) is 12.8. The van der Waals surface area contributed by atoms with Crippen molar-refractivity contribution in [2.75, 3.05) is 6.61 Å². The zero-order valence-corrected chi connectivity index (χ0v) is 22.1. The SMILES string of the molecule is CCC(=O)O[C@]1(C(=O)COC(C)=O)CC[C@H]2[C@@H]3C[C@H](C)C4=CC(=O)CC[C@]4(C)[C@@]3(Cl)[C@@H](O)C[C@@]21C. The third-order valence-electron chi connectivity index (χ3n) is 9.92. The summed E-state index contributed by atoms with van der Waals surface area (Å²) in [6, 6.07) is 0. The van der Waals surface area contributed by atoms with Crippen molar-refractivity contribution in [1.29, 1.82) is 0 Å². The van der Waals surface area contributed by atoms with E-state index in [1.807, 2.05) is 6.92 Å². The minimum atomic E-state index is -1.50. The van der Waals surface area contributed by atoms with Crippen LogP contribution < -0.4 is 0 Å². The number of hydrogen-bond acceptors (Lipinski definition) is 7. The van der Waals surface area contributed by atoms with E-state index in [0.717, 1.165) is 5.57 Å². The number of esters is 2. The lowest BCUT2D eigenvalue weighted by Crippen LogP contribution is -2.70. The second-order valence-corrected chi connectivity index (χ2v) is 12.2. The monoisotopic (exact) mass is 508 g/mol. The number of carbonyl (C=O) groups excluding carboxylic acids is 4. The molecule has 0 amide bonds. The smallest absolute Gasteiger partial charge is 0.306 e. The highest BCUT2D eigenvalue weighted by atomic mass is 35.5. The molecule has 0 spiro atoms. The summed E-state index contributed by atoms with van der Waals surface area (Å²) in [7, 11) is 0. The van der Waals surface area contributed by atoms with Gasteiger partial charge in [0, 0.05) is 30.6 Å². The van der Waals surface area contributed by atoms with E-state index in [-0.39, 0.29) is 36.4 Å². The van der Waals surface area contributed by atoms with Gasteiger partial charge >= 0.3 is 11.9 Å². The highest BCUT2D eigenvalue weighted by Crippen LogP contribution is 2.72. The largest absolute Gasteiger partial charge is 0.458 e. The molecule has 3 fully saturated rings. The Morgan fingerprint density at radius 3 is 2.51 bits per heavy atom. The zero-order valence-electron chi connectivity index (χ0n) is 21.3. The Hall–Kier alpha value is -1.73. The topological polar surface area (TPSA) is 107 Å². The first-order valence-corrected chi connectivity index (χ1v) is 13.1. The van der Waals surface area contributed by atoms with Gasteiger partial charge in [0.1, 0.15) is 0 Å². The summed E-state index contributed by atoms with van der Waals surface area (Å²) in [5.41, 5.74) is -1.92. The van der Waals surface area contributed by atoms with Gasteiger partial charge in [0.25, 0.3) is 0 Å². The minimum absolute atomic E-state index is 0.0900. The molecule has 35 heavy (non-hydrogen) atoms. The number of ether oxygens (including phenoxy) is 2. The van der Waals surface area contributed by atoms with Crippen LogP contribution in [0, 0.1) is 28.6 Å². The predicted octanol–water partition coefficient (Wildman–Crippen LogP) is 3.92. The number of alkyl halides is 1. The number of aliphatic hydroxyl groups is 1. The Bertz CT molecular complexity index is 990. The quantitative estimate of drug-likeness (QED) is 0.443. The maximum atomic E-state index is 13.6. The molecule has 4 aliphatic rings. The summed E-state index contributed by atoms with van der Waals surface area (Å²) in [5, 5.41) is 11.8. The average molecular weight is 509 g/mol. The fourth-order valence-corrected chi connectivity index (χ4v) is 8.71. The van der Waals surface area contributed by atoms with E-state index >= 15 is 0 Å². The van der Waals surface area contributed by atoms with Crippen molar-refractivity contribution in [3.05, 3.63) is 11.6 Å². The lowest BCUT2D eigenvalue weighted by Gasteiger charge is -2.66. The number of ketones is 2. The van der Waals surface area contributed by atoms with Crippen molar-refractivity contribution in [2.24, 2.45) is 28.6 Å². The third-order valence-corrected chi connectivity index (χ3v) is 10.9. The highest BCUT2D eigenvalue weighted by molar-refractivity contribution is 6.26. The molecule has 0 saturated heterocycles. The molecule has 1 N–H and O–H groups in total. The van der Waals surface area contributed by atoms with Crippen LogP contribution in [-0.4, -0.2) is 51.8 Å². The van der Waals surface area contributed by atoms with Gasteiger partial charge in [-0.2, -0.15) is 0 Å². The second kappa shape index (κ2) is 8.69. The van der Waals surface area contributed by atoms with Crippen molar-refractivity contribution in [2.45, 2.75) is 96.1 Å². The Kier molecular flexibility index (Phi) is 6.54. The van der Waals surface area contributed by atoms with Gasteiger partial charge in [-0.1, -0.05) is 33.3 Å². The Labute approximate surface area is 211 Å². The molecule has 0 aromatic heterocycles. The van der Waals surface area contributed by atoms with Crippen LogP contribution in [0.15, 0.2) is 11.6 Å². The molecule has 4 rings (SSSR count). The van der Waals surface area contributed by atoms with Gasteiger partial charge in [-0.05, 0) is 55.9 Å². The molecule has 4 aliphatic carbocycles. The number of halogens is 1. The highest BCUT2D eigenvalue weighted by Gasteiger charge is 2.75. The van der Waals surface area contributed by atoms with Gasteiger partial charge in [0.2, 0.25) is 5.78 Å². The lowest BCUT2D eigenvalue weighted by molar-refractivity contribution is -0.200. The van der Waals surface area contributed by atoms with Gasteiger partial charge in [0.05, 0.1) is 11.0 Å². The van der Waals surface area contributed by atoms with Crippen molar-refractivity contribution in [3.8, 4) is 0 Å². The summed E-state index contributed by atoms with van der Waals surface area (Å²) in [6.45, 7) is 8.50. The first kappa shape index (κ1) is 26.3. The van der Waals surface area contributed by atoms with Crippen LogP contribution in [-0.2, 0) is 28.7 Å². The Morgan fingerprint density at radius 2 is 1.89 bits per heavy atom. The summed E-state index contributed by atoms with van der Waals surface area (Å²) >= 11 is 7.53. The van der Waals surface area contributed by atoms with Gasteiger partial charge in [-0.25, -0.2) is 0 Å². The number of rotatable bonds is 5. The number of allylic oxidation sites excluding steroid dienone is 1. The summed E-state index contributed by atoms with van der Waals surface area (Å²) in [4.78, 5) is 48.9. The maximum absolute atomic E-state index is 13.6. The molecule has 0 unspecified atom stereocenters. The molecule has 0 bridgehead atoms. The molecule has 0 aromatic rings. The van der Waals surface area contributed by atoms with Crippen LogP contribution >= 0.6 is 11.6 Å².